The number of benzene rings is 1. The van der Waals surface area contributed by atoms with Crippen LogP contribution in [0.2, 0.25) is 0 Å². The highest BCUT2D eigenvalue weighted by Crippen LogP contribution is 2.24. The Morgan fingerprint density at radius 2 is 2.11 bits per heavy atom. The summed E-state index contributed by atoms with van der Waals surface area (Å²) in [5.41, 5.74) is 7.09. The summed E-state index contributed by atoms with van der Waals surface area (Å²) < 4.78 is 0. The van der Waals surface area contributed by atoms with Crippen molar-refractivity contribution in [2.75, 3.05) is 11.9 Å². The number of nitrogens with zero attached hydrogens (tertiary/aromatic N) is 1. The first-order chi connectivity index (χ1) is 9.15. The fraction of sp³-hybridized carbons (Fsp3) is 0.0833. The second kappa shape index (κ2) is 6.26. The third kappa shape index (κ3) is 4.01. The SMILES string of the molecule is NC(=S)NCC(=O)Nc1nc(-c2ccccc2)cs1. The van der Waals surface area contributed by atoms with E-state index in [1.807, 2.05) is 35.7 Å². The lowest BCUT2D eigenvalue weighted by atomic mass is 10.2. The number of rotatable bonds is 4. The Morgan fingerprint density at radius 3 is 2.79 bits per heavy atom. The molecule has 0 aliphatic rings. The lowest BCUT2D eigenvalue weighted by Gasteiger charge is -2.03. The molecule has 5 nitrogen and oxygen atoms in total. The van der Waals surface area contributed by atoms with Crippen LogP contribution in [0, 0.1) is 0 Å². The van der Waals surface area contributed by atoms with Crippen molar-refractivity contribution < 1.29 is 4.79 Å². The van der Waals surface area contributed by atoms with Gasteiger partial charge in [0.25, 0.3) is 0 Å². The van der Waals surface area contributed by atoms with Crippen molar-refractivity contribution in [1.29, 1.82) is 0 Å². The van der Waals surface area contributed by atoms with Crippen LogP contribution in [0.3, 0.4) is 0 Å². The first-order valence-corrected chi connectivity index (χ1v) is 6.78. The van der Waals surface area contributed by atoms with Gasteiger partial charge < -0.3 is 16.4 Å². The summed E-state index contributed by atoms with van der Waals surface area (Å²) in [4.78, 5) is 15.9. The molecule has 1 aromatic carbocycles. The second-order valence-corrected chi connectivity index (χ2v) is 4.97. The summed E-state index contributed by atoms with van der Waals surface area (Å²) in [6.07, 6.45) is 0. The van der Waals surface area contributed by atoms with E-state index in [9.17, 15) is 4.79 Å². The van der Waals surface area contributed by atoms with Crippen LogP contribution in [0.25, 0.3) is 11.3 Å². The molecule has 4 N–H and O–H groups in total. The molecule has 0 aliphatic carbocycles. The largest absolute Gasteiger partial charge is 0.376 e. The van der Waals surface area contributed by atoms with E-state index in [-0.39, 0.29) is 17.6 Å². The van der Waals surface area contributed by atoms with Crippen LogP contribution >= 0.6 is 23.6 Å². The van der Waals surface area contributed by atoms with Gasteiger partial charge in [0.1, 0.15) is 0 Å². The summed E-state index contributed by atoms with van der Waals surface area (Å²) in [6.45, 7) is 0.0373. The number of carbonyl (C=O) groups is 1. The molecule has 0 atom stereocenters. The van der Waals surface area contributed by atoms with Crippen molar-refractivity contribution in [2.24, 2.45) is 5.73 Å². The van der Waals surface area contributed by atoms with E-state index in [2.05, 4.69) is 27.8 Å². The average molecular weight is 292 g/mol. The highest BCUT2D eigenvalue weighted by molar-refractivity contribution is 7.80. The lowest BCUT2D eigenvalue weighted by molar-refractivity contribution is -0.115. The number of aromatic nitrogens is 1. The Kier molecular flexibility index (Phi) is 4.43. The zero-order chi connectivity index (χ0) is 13.7. The number of nitrogens with one attached hydrogen (secondary N) is 2. The Bertz CT molecular complexity index is 582. The molecule has 0 fully saturated rings. The maximum absolute atomic E-state index is 11.5. The number of thiocarbonyl (C=S) groups is 1. The molecule has 2 rings (SSSR count). The van der Waals surface area contributed by atoms with E-state index in [4.69, 9.17) is 5.73 Å². The van der Waals surface area contributed by atoms with Crippen molar-refractivity contribution >= 4 is 39.7 Å². The smallest absolute Gasteiger partial charge is 0.245 e. The molecule has 0 spiro atoms. The van der Waals surface area contributed by atoms with Crippen molar-refractivity contribution in [2.45, 2.75) is 0 Å². The van der Waals surface area contributed by atoms with Gasteiger partial charge in [-0.1, -0.05) is 30.3 Å². The number of amides is 1. The number of hydrogen-bond donors (Lipinski definition) is 3. The van der Waals surface area contributed by atoms with Crippen LogP contribution < -0.4 is 16.4 Å². The molecule has 0 unspecified atom stereocenters. The Balaban J connectivity index is 1.98. The minimum Gasteiger partial charge on any atom is -0.376 e. The number of nitrogens with two attached hydrogens (primary N) is 1. The second-order valence-electron chi connectivity index (χ2n) is 3.67. The lowest BCUT2D eigenvalue weighted by Crippen LogP contribution is -2.36. The average Bonchev–Trinajstić information content (AvgIpc) is 2.86. The van der Waals surface area contributed by atoms with Gasteiger partial charge >= 0.3 is 0 Å². The van der Waals surface area contributed by atoms with E-state index in [1.54, 1.807) is 0 Å². The van der Waals surface area contributed by atoms with Crippen LogP contribution in [-0.4, -0.2) is 22.5 Å². The van der Waals surface area contributed by atoms with E-state index in [0.29, 0.717) is 5.13 Å². The standard InChI is InChI=1S/C12H12N4OS2/c13-11(18)14-6-10(17)16-12-15-9(7-19-12)8-4-2-1-3-5-8/h1-5,7H,6H2,(H3,13,14,18)(H,15,16,17). The predicted molar refractivity (Wildman–Crippen MR) is 81.0 cm³/mol. The quantitative estimate of drug-likeness (QED) is 0.746. The molecule has 7 heteroatoms. The molecule has 2 aromatic rings. The molecule has 0 saturated heterocycles. The van der Waals surface area contributed by atoms with Gasteiger partial charge in [0.15, 0.2) is 10.2 Å². The molecule has 1 amide bonds. The first-order valence-electron chi connectivity index (χ1n) is 5.49. The van der Waals surface area contributed by atoms with Crippen LogP contribution in [0.5, 0.6) is 0 Å². The number of thiazole rings is 1. The molecule has 1 heterocycles. The van der Waals surface area contributed by atoms with Crippen LogP contribution in [0.1, 0.15) is 0 Å². The number of anilines is 1. The van der Waals surface area contributed by atoms with Gasteiger partial charge in [0, 0.05) is 10.9 Å². The summed E-state index contributed by atoms with van der Waals surface area (Å²) in [7, 11) is 0. The highest BCUT2D eigenvalue weighted by Gasteiger charge is 2.07. The summed E-state index contributed by atoms with van der Waals surface area (Å²) in [5, 5.41) is 7.80. The maximum Gasteiger partial charge on any atom is 0.245 e. The van der Waals surface area contributed by atoms with Gasteiger partial charge in [0.2, 0.25) is 5.91 Å². The number of carbonyl (C=O) groups excluding carboxylic acids is 1. The van der Waals surface area contributed by atoms with E-state index in [0.717, 1.165) is 11.3 Å². The van der Waals surface area contributed by atoms with Crippen molar-refractivity contribution in [1.82, 2.24) is 10.3 Å². The van der Waals surface area contributed by atoms with Gasteiger partial charge in [-0.05, 0) is 12.2 Å². The normalized spacial score (nSPS) is 9.89. The summed E-state index contributed by atoms with van der Waals surface area (Å²) in [5.74, 6) is -0.234. The zero-order valence-electron chi connectivity index (χ0n) is 9.92. The van der Waals surface area contributed by atoms with Gasteiger partial charge in [-0.15, -0.1) is 11.3 Å². The van der Waals surface area contributed by atoms with Crippen molar-refractivity contribution in [3.05, 3.63) is 35.7 Å². The molecule has 1 aromatic heterocycles. The van der Waals surface area contributed by atoms with Crippen molar-refractivity contribution in [3.63, 3.8) is 0 Å². The van der Waals surface area contributed by atoms with E-state index in [1.165, 1.54) is 11.3 Å². The van der Waals surface area contributed by atoms with E-state index < -0.39 is 0 Å². The number of hydrogen-bond acceptors (Lipinski definition) is 4. The van der Waals surface area contributed by atoms with Gasteiger partial charge in [-0.2, -0.15) is 0 Å². The highest BCUT2D eigenvalue weighted by atomic mass is 32.1. The molecule has 0 saturated carbocycles. The van der Waals surface area contributed by atoms with Gasteiger partial charge in [-0.3, -0.25) is 4.79 Å². The van der Waals surface area contributed by atoms with Crippen LogP contribution in [-0.2, 0) is 4.79 Å². The zero-order valence-corrected chi connectivity index (χ0v) is 11.6. The molecule has 19 heavy (non-hydrogen) atoms. The first kappa shape index (κ1) is 13.4. The minimum atomic E-state index is -0.234. The summed E-state index contributed by atoms with van der Waals surface area (Å²) >= 11 is 5.99. The third-order valence-electron chi connectivity index (χ3n) is 2.24. The Hall–Kier alpha value is -1.99. The topological polar surface area (TPSA) is 80.0 Å². The van der Waals surface area contributed by atoms with E-state index >= 15 is 0 Å². The fourth-order valence-corrected chi connectivity index (χ4v) is 2.21. The van der Waals surface area contributed by atoms with Crippen LogP contribution in [0.15, 0.2) is 35.7 Å². The molecule has 98 valence electrons. The molecule has 0 aliphatic heterocycles. The fourth-order valence-electron chi connectivity index (χ4n) is 1.40. The Morgan fingerprint density at radius 1 is 1.37 bits per heavy atom. The minimum absolute atomic E-state index is 0.0373. The molecule has 0 bridgehead atoms. The predicted octanol–water partition coefficient (Wildman–Crippen LogP) is 1.58. The monoisotopic (exact) mass is 292 g/mol. The van der Waals surface area contributed by atoms with Gasteiger partial charge in [0.05, 0.1) is 12.2 Å². The van der Waals surface area contributed by atoms with Crippen LogP contribution in [0.4, 0.5) is 5.13 Å². The summed E-state index contributed by atoms with van der Waals surface area (Å²) in [6, 6.07) is 9.77. The molecule has 0 radical (unpaired) electrons. The third-order valence-corrected chi connectivity index (χ3v) is 3.15. The van der Waals surface area contributed by atoms with Gasteiger partial charge in [-0.25, -0.2) is 4.98 Å². The Labute approximate surface area is 119 Å². The maximum atomic E-state index is 11.5. The molecular weight excluding hydrogens is 280 g/mol. The molecular formula is C12H12N4OS2. The van der Waals surface area contributed by atoms with Crippen molar-refractivity contribution in [3.8, 4) is 11.3 Å².